The Morgan fingerprint density at radius 2 is 1.86 bits per heavy atom. The number of halogens is 2. The summed E-state index contributed by atoms with van der Waals surface area (Å²) in [6, 6.07) is 13.0. The molecule has 0 aromatic heterocycles. The summed E-state index contributed by atoms with van der Waals surface area (Å²) in [5, 5.41) is 13.2. The highest BCUT2D eigenvalue weighted by atomic mass is 35.5. The summed E-state index contributed by atoms with van der Waals surface area (Å²) in [5.41, 5.74) is 0.716. The van der Waals surface area contributed by atoms with Crippen LogP contribution in [0.2, 0.25) is 5.02 Å². The number of rotatable bonds is 4. The van der Waals surface area contributed by atoms with Gasteiger partial charge in [0.2, 0.25) is 0 Å². The van der Waals surface area contributed by atoms with Crippen molar-refractivity contribution in [2.75, 3.05) is 5.32 Å². The van der Waals surface area contributed by atoms with E-state index in [2.05, 4.69) is 5.32 Å². The van der Waals surface area contributed by atoms with Crippen molar-refractivity contribution in [1.29, 1.82) is 0 Å². The van der Waals surface area contributed by atoms with Gasteiger partial charge in [0.15, 0.2) is 0 Å². The summed E-state index contributed by atoms with van der Waals surface area (Å²) in [7, 11) is 0. The number of benzene rings is 2. The van der Waals surface area contributed by atoms with E-state index in [1.807, 2.05) is 18.2 Å². The van der Waals surface area contributed by atoms with Crippen molar-refractivity contribution in [3.63, 3.8) is 0 Å². The van der Waals surface area contributed by atoms with Gasteiger partial charge >= 0.3 is 0 Å². The lowest BCUT2D eigenvalue weighted by molar-refractivity contribution is -0.384. The number of hydrogen-bond acceptors (Lipinski definition) is 3. The van der Waals surface area contributed by atoms with Crippen LogP contribution < -0.4 is 5.32 Å². The average Bonchev–Trinajstić information content (AvgIpc) is 2.49. The molecule has 0 radical (unpaired) electrons. The van der Waals surface area contributed by atoms with E-state index in [9.17, 15) is 14.9 Å². The minimum Gasteiger partial charge on any atom is -0.321 e. The lowest BCUT2D eigenvalue weighted by atomic mass is 10.2. The fourth-order valence-corrected chi connectivity index (χ4v) is 2.04. The predicted octanol–water partition coefficient (Wildman–Crippen LogP) is 4.47. The molecule has 7 heteroatoms. The molecule has 22 heavy (non-hydrogen) atoms. The number of anilines is 1. The van der Waals surface area contributed by atoms with E-state index in [1.54, 1.807) is 12.1 Å². The second-order valence-corrected chi connectivity index (χ2v) is 5.09. The Kier molecular flexibility index (Phi) is 5.14. The monoisotopic (exact) mass is 336 g/mol. The Morgan fingerprint density at radius 1 is 1.18 bits per heavy atom. The fourth-order valence-electron chi connectivity index (χ4n) is 1.68. The molecule has 0 saturated heterocycles. The van der Waals surface area contributed by atoms with Crippen LogP contribution in [0, 0.1) is 10.1 Å². The molecule has 0 atom stereocenters. The van der Waals surface area contributed by atoms with Crippen molar-refractivity contribution < 1.29 is 9.72 Å². The average molecular weight is 337 g/mol. The second-order valence-electron chi connectivity index (χ2n) is 4.28. The number of nitrogens with zero attached hydrogens (tertiary/aromatic N) is 1. The Morgan fingerprint density at radius 3 is 2.50 bits per heavy atom. The van der Waals surface area contributed by atoms with Crippen molar-refractivity contribution >= 4 is 46.6 Å². The molecular formula is C15H10Cl2N2O3. The number of nitrogens with one attached hydrogen (secondary N) is 1. The lowest BCUT2D eigenvalue weighted by Gasteiger charge is -2.05. The SMILES string of the molecule is O=C(Nc1ccc(Cl)c([N+](=O)[O-])c1)/C(Cl)=C/c1ccccc1. The topological polar surface area (TPSA) is 72.2 Å². The Balaban J connectivity index is 2.17. The highest BCUT2D eigenvalue weighted by molar-refractivity contribution is 6.45. The van der Waals surface area contributed by atoms with Crippen molar-refractivity contribution in [2.24, 2.45) is 0 Å². The molecule has 1 amide bonds. The quantitative estimate of drug-likeness (QED) is 0.508. The molecule has 0 aliphatic heterocycles. The normalized spacial score (nSPS) is 11.1. The summed E-state index contributed by atoms with van der Waals surface area (Å²) >= 11 is 11.6. The van der Waals surface area contributed by atoms with Gasteiger partial charge in [0, 0.05) is 11.8 Å². The molecule has 112 valence electrons. The highest BCUT2D eigenvalue weighted by Crippen LogP contribution is 2.27. The minimum absolute atomic E-state index is 0.00563. The van der Waals surface area contributed by atoms with Crippen LogP contribution in [0.25, 0.3) is 6.08 Å². The summed E-state index contributed by atoms with van der Waals surface area (Å²) in [6.45, 7) is 0. The number of carbonyl (C=O) groups is 1. The van der Waals surface area contributed by atoms with Crippen LogP contribution in [0.3, 0.4) is 0 Å². The first-order chi connectivity index (χ1) is 10.5. The van der Waals surface area contributed by atoms with E-state index in [-0.39, 0.29) is 21.4 Å². The second kappa shape index (κ2) is 7.06. The first kappa shape index (κ1) is 16.0. The molecule has 0 saturated carbocycles. The number of nitro groups is 1. The lowest BCUT2D eigenvalue weighted by Crippen LogP contribution is -2.11. The maximum absolute atomic E-state index is 12.0. The summed E-state index contributed by atoms with van der Waals surface area (Å²) in [6.07, 6.45) is 1.50. The fraction of sp³-hybridized carbons (Fsp3) is 0. The van der Waals surface area contributed by atoms with Crippen molar-refractivity contribution in [2.45, 2.75) is 0 Å². The zero-order valence-corrected chi connectivity index (χ0v) is 12.6. The standard InChI is InChI=1S/C15H10Cl2N2O3/c16-12-7-6-11(9-14(12)19(21)22)18-15(20)13(17)8-10-4-2-1-3-5-10/h1-9H,(H,18,20)/b13-8-. The van der Waals surface area contributed by atoms with Crippen LogP contribution in [-0.2, 0) is 4.79 Å². The molecule has 2 aromatic carbocycles. The minimum atomic E-state index is -0.626. The van der Waals surface area contributed by atoms with E-state index >= 15 is 0 Å². The summed E-state index contributed by atoms with van der Waals surface area (Å²) < 4.78 is 0. The van der Waals surface area contributed by atoms with Gasteiger partial charge in [-0.25, -0.2) is 0 Å². The number of amides is 1. The van der Waals surface area contributed by atoms with Gasteiger partial charge in [0.25, 0.3) is 11.6 Å². The van der Waals surface area contributed by atoms with Crippen LogP contribution in [0.15, 0.2) is 53.6 Å². The molecule has 0 spiro atoms. The molecule has 2 aromatic rings. The van der Waals surface area contributed by atoms with Crippen LogP contribution in [-0.4, -0.2) is 10.8 Å². The molecule has 2 rings (SSSR count). The number of hydrogen-bond donors (Lipinski definition) is 1. The summed E-state index contributed by atoms with van der Waals surface area (Å²) in [4.78, 5) is 22.1. The third-order valence-corrected chi connectivity index (χ3v) is 3.31. The van der Waals surface area contributed by atoms with Gasteiger partial charge in [-0.3, -0.25) is 14.9 Å². The van der Waals surface area contributed by atoms with Gasteiger partial charge in [-0.1, -0.05) is 53.5 Å². The van der Waals surface area contributed by atoms with Crippen molar-refractivity contribution in [1.82, 2.24) is 0 Å². The zero-order valence-electron chi connectivity index (χ0n) is 11.1. The molecule has 0 unspecified atom stereocenters. The molecule has 0 bridgehead atoms. The third-order valence-electron chi connectivity index (χ3n) is 2.71. The first-order valence-corrected chi connectivity index (χ1v) is 6.90. The van der Waals surface area contributed by atoms with E-state index in [1.165, 1.54) is 24.3 Å². The maximum Gasteiger partial charge on any atom is 0.289 e. The molecule has 0 aliphatic rings. The van der Waals surface area contributed by atoms with Gasteiger partial charge in [0.05, 0.1) is 4.92 Å². The molecule has 5 nitrogen and oxygen atoms in total. The van der Waals surface area contributed by atoms with E-state index in [0.29, 0.717) is 0 Å². The Bertz CT molecular complexity index is 746. The van der Waals surface area contributed by atoms with Crippen LogP contribution in [0.1, 0.15) is 5.56 Å². The maximum atomic E-state index is 12.0. The van der Waals surface area contributed by atoms with Crippen LogP contribution >= 0.6 is 23.2 Å². The van der Waals surface area contributed by atoms with Gasteiger partial charge in [0.1, 0.15) is 10.1 Å². The van der Waals surface area contributed by atoms with Gasteiger partial charge < -0.3 is 5.32 Å². The van der Waals surface area contributed by atoms with Crippen molar-refractivity contribution in [3.05, 3.63) is 74.3 Å². The van der Waals surface area contributed by atoms with Gasteiger partial charge in [-0.15, -0.1) is 0 Å². The van der Waals surface area contributed by atoms with Crippen LogP contribution in [0.5, 0.6) is 0 Å². The molecule has 1 N–H and O–H groups in total. The van der Waals surface area contributed by atoms with Gasteiger partial charge in [-0.05, 0) is 23.8 Å². The number of carbonyl (C=O) groups excluding carboxylic acids is 1. The molecule has 0 heterocycles. The van der Waals surface area contributed by atoms with Gasteiger partial charge in [-0.2, -0.15) is 0 Å². The third kappa shape index (κ3) is 4.07. The first-order valence-electron chi connectivity index (χ1n) is 6.15. The zero-order chi connectivity index (χ0) is 16.1. The predicted molar refractivity (Wildman–Crippen MR) is 87.0 cm³/mol. The van der Waals surface area contributed by atoms with E-state index in [4.69, 9.17) is 23.2 Å². The molecular weight excluding hydrogens is 327 g/mol. The number of nitro benzene ring substituents is 1. The molecule has 0 aliphatic carbocycles. The van der Waals surface area contributed by atoms with E-state index in [0.717, 1.165) is 5.56 Å². The smallest absolute Gasteiger partial charge is 0.289 e. The Hall–Kier alpha value is -2.37. The van der Waals surface area contributed by atoms with E-state index < -0.39 is 10.8 Å². The highest BCUT2D eigenvalue weighted by Gasteiger charge is 2.14. The van der Waals surface area contributed by atoms with Crippen molar-refractivity contribution in [3.8, 4) is 0 Å². The molecule has 0 fully saturated rings. The largest absolute Gasteiger partial charge is 0.321 e. The van der Waals surface area contributed by atoms with Crippen LogP contribution in [0.4, 0.5) is 11.4 Å². The summed E-state index contributed by atoms with van der Waals surface area (Å²) in [5.74, 6) is -0.567. The Labute approximate surface area is 136 Å².